The highest BCUT2D eigenvalue weighted by molar-refractivity contribution is 7.91. The van der Waals surface area contributed by atoms with Crippen LogP contribution in [0.1, 0.15) is 35.0 Å². The lowest BCUT2D eigenvalue weighted by atomic mass is 10.1. The summed E-state index contributed by atoms with van der Waals surface area (Å²) >= 11 is 0. The highest BCUT2D eigenvalue weighted by atomic mass is 32.2. The molecule has 8 heteroatoms. The number of hydrogen-bond acceptors (Lipinski definition) is 6. The first-order chi connectivity index (χ1) is 12.8. The standard InChI is InChI=1S/C19H24N4O3S/c1-4-23(16-7-8-27(25,26)11-16)19(24)17-10-18(21-12-20-17)22-15-6-5-13(2)14(3)9-15/h5-6,9-10,12,16H,4,7-8,11H2,1-3H3,(H,20,21,22). The molecule has 1 amide bonds. The molecule has 1 atom stereocenters. The van der Waals surface area contributed by atoms with E-state index in [9.17, 15) is 13.2 Å². The van der Waals surface area contributed by atoms with Gasteiger partial charge in [0.05, 0.1) is 11.5 Å². The van der Waals surface area contributed by atoms with Crippen LogP contribution in [-0.2, 0) is 9.84 Å². The van der Waals surface area contributed by atoms with Gasteiger partial charge in [0, 0.05) is 24.3 Å². The van der Waals surface area contributed by atoms with E-state index in [1.807, 2.05) is 39.0 Å². The monoisotopic (exact) mass is 388 g/mol. The number of amides is 1. The number of aryl methyl sites for hydroxylation is 2. The van der Waals surface area contributed by atoms with E-state index in [0.717, 1.165) is 11.3 Å². The first-order valence-electron chi connectivity index (χ1n) is 8.97. The van der Waals surface area contributed by atoms with E-state index in [1.54, 1.807) is 11.0 Å². The van der Waals surface area contributed by atoms with Gasteiger partial charge in [-0.25, -0.2) is 18.4 Å². The molecule has 2 aromatic rings. The number of benzene rings is 1. The van der Waals surface area contributed by atoms with Crippen LogP contribution in [0.2, 0.25) is 0 Å². The average molecular weight is 388 g/mol. The Morgan fingerprint density at radius 2 is 2.00 bits per heavy atom. The molecule has 0 aliphatic carbocycles. The fraction of sp³-hybridized carbons (Fsp3) is 0.421. The van der Waals surface area contributed by atoms with Crippen LogP contribution in [0.25, 0.3) is 0 Å². The van der Waals surface area contributed by atoms with Crippen molar-refractivity contribution in [1.82, 2.24) is 14.9 Å². The number of sulfone groups is 1. The number of carbonyl (C=O) groups excluding carboxylic acids is 1. The average Bonchev–Trinajstić information content (AvgIpc) is 2.98. The highest BCUT2D eigenvalue weighted by Gasteiger charge is 2.34. The molecular formula is C19H24N4O3S. The van der Waals surface area contributed by atoms with Crippen LogP contribution in [-0.4, -0.2) is 53.3 Å². The Labute approximate surface area is 159 Å². The van der Waals surface area contributed by atoms with Crippen molar-refractivity contribution in [2.24, 2.45) is 0 Å². The Morgan fingerprint density at radius 3 is 2.63 bits per heavy atom. The van der Waals surface area contributed by atoms with E-state index in [-0.39, 0.29) is 29.1 Å². The molecule has 7 nitrogen and oxygen atoms in total. The molecule has 1 aromatic carbocycles. The molecule has 1 aliphatic heterocycles. The molecule has 0 spiro atoms. The first-order valence-corrected chi connectivity index (χ1v) is 10.8. The maximum absolute atomic E-state index is 12.9. The maximum atomic E-state index is 12.9. The fourth-order valence-corrected chi connectivity index (χ4v) is 4.98. The van der Waals surface area contributed by atoms with Gasteiger partial charge in [-0.3, -0.25) is 4.79 Å². The quantitative estimate of drug-likeness (QED) is 0.846. The van der Waals surface area contributed by atoms with Crippen LogP contribution in [0.15, 0.2) is 30.6 Å². The second-order valence-corrected chi connectivity index (χ2v) is 9.09. The van der Waals surface area contributed by atoms with Crippen molar-refractivity contribution in [3.05, 3.63) is 47.4 Å². The number of aromatic nitrogens is 2. The number of nitrogens with one attached hydrogen (secondary N) is 1. The molecule has 1 N–H and O–H groups in total. The Balaban J connectivity index is 1.79. The third-order valence-electron chi connectivity index (χ3n) is 4.92. The van der Waals surface area contributed by atoms with Gasteiger partial charge in [0.15, 0.2) is 9.84 Å². The van der Waals surface area contributed by atoms with Gasteiger partial charge >= 0.3 is 0 Å². The molecule has 0 radical (unpaired) electrons. The summed E-state index contributed by atoms with van der Waals surface area (Å²) in [7, 11) is -3.06. The summed E-state index contributed by atoms with van der Waals surface area (Å²) in [5.74, 6) is 0.396. The van der Waals surface area contributed by atoms with Crippen LogP contribution in [0.5, 0.6) is 0 Å². The second kappa shape index (κ2) is 7.64. The minimum atomic E-state index is -3.06. The molecule has 2 heterocycles. The van der Waals surface area contributed by atoms with Crippen LogP contribution in [0.3, 0.4) is 0 Å². The van der Waals surface area contributed by atoms with Gasteiger partial charge in [0.25, 0.3) is 5.91 Å². The number of anilines is 2. The highest BCUT2D eigenvalue weighted by Crippen LogP contribution is 2.21. The first kappa shape index (κ1) is 19.3. The van der Waals surface area contributed by atoms with Crippen molar-refractivity contribution in [3.63, 3.8) is 0 Å². The lowest BCUT2D eigenvalue weighted by Gasteiger charge is -2.26. The zero-order valence-electron chi connectivity index (χ0n) is 15.8. The minimum absolute atomic E-state index is 0.0193. The summed E-state index contributed by atoms with van der Waals surface area (Å²) in [6.45, 7) is 6.36. The lowest BCUT2D eigenvalue weighted by Crippen LogP contribution is -2.41. The Hall–Kier alpha value is -2.48. The SMILES string of the molecule is CCN(C(=O)c1cc(Nc2ccc(C)c(C)c2)ncn1)C1CCS(=O)(=O)C1. The van der Waals surface area contributed by atoms with Crippen LogP contribution >= 0.6 is 0 Å². The predicted octanol–water partition coefficient (Wildman–Crippen LogP) is 2.49. The van der Waals surface area contributed by atoms with Gasteiger partial charge in [-0.05, 0) is 50.5 Å². The van der Waals surface area contributed by atoms with E-state index in [2.05, 4.69) is 15.3 Å². The Bertz CT molecular complexity index is 959. The second-order valence-electron chi connectivity index (χ2n) is 6.86. The fourth-order valence-electron chi connectivity index (χ4n) is 3.25. The molecule has 1 fully saturated rings. The molecule has 0 bridgehead atoms. The van der Waals surface area contributed by atoms with Gasteiger partial charge in [-0.2, -0.15) is 0 Å². The molecule has 0 saturated carbocycles. The zero-order chi connectivity index (χ0) is 19.6. The molecule has 1 unspecified atom stereocenters. The van der Waals surface area contributed by atoms with Crippen molar-refractivity contribution in [3.8, 4) is 0 Å². The third-order valence-corrected chi connectivity index (χ3v) is 6.67. The normalized spacial score (nSPS) is 18.3. The molecule has 1 aliphatic rings. The minimum Gasteiger partial charge on any atom is -0.340 e. The van der Waals surface area contributed by atoms with Gasteiger partial charge in [-0.1, -0.05) is 6.07 Å². The van der Waals surface area contributed by atoms with Gasteiger partial charge in [0.1, 0.15) is 17.8 Å². The molecule has 1 aromatic heterocycles. The van der Waals surface area contributed by atoms with E-state index < -0.39 is 9.84 Å². The van der Waals surface area contributed by atoms with E-state index in [1.165, 1.54) is 11.9 Å². The van der Waals surface area contributed by atoms with Gasteiger partial charge < -0.3 is 10.2 Å². The molecule has 3 rings (SSSR count). The molecule has 144 valence electrons. The van der Waals surface area contributed by atoms with Crippen molar-refractivity contribution >= 4 is 27.2 Å². The Kier molecular flexibility index (Phi) is 5.46. The summed E-state index contributed by atoms with van der Waals surface area (Å²) < 4.78 is 23.5. The summed E-state index contributed by atoms with van der Waals surface area (Å²) in [4.78, 5) is 22.8. The lowest BCUT2D eigenvalue weighted by molar-refractivity contribution is 0.0702. The van der Waals surface area contributed by atoms with Crippen LogP contribution in [0, 0.1) is 13.8 Å². The predicted molar refractivity (Wildman–Crippen MR) is 105 cm³/mol. The molecular weight excluding hydrogens is 364 g/mol. The summed E-state index contributed by atoms with van der Waals surface area (Å²) in [6.07, 6.45) is 1.82. The number of rotatable bonds is 5. The number of nitrogens with zero attached hydrogens (tertiary/aromatic N) is 3. The number of carbonyl (C=O) groups is 1. The summed E-state index contributed by atoms with van der Waals surface area (Å²) in [6, 6.07) is 7.29. The summed E-state index contributed by atoms with van der Waals surface area (Å²) in [5, 5.41) is 3.19. The molecule has 27 heavy (non-hydrogen) atoms. The summed E-state index contributed by atoms with van der Waals surface area (Å²) in [5.41, 5.74) is 3.49. The van der Waals surface area contributed by atoms with Crippen molar-refractivity contribution in [1.29, 1.82) is 0 Å². The number of hydrogen-bond donors (Lipinski definition) is 1. The van der Waals surface area contributed by atoms with Crippen molar-refractivity contribution in [2.75, 3.05) is 23.4 Å². The smallest absolute Gasteiger partial charge is 0.272 e. The van der Waals surface area contributed by atoms with E-state index in [0.29, 0.717) is 18.8 Å². The largest absolute Gasteiger partial charge is 0.340 e. The van der Waals surface area contributed by atoms with Gasteiger partial charge in [-0.15, -0.1) is 0 Å². The van der Waals surface area contributed by atoms with Crippen LogP contribution in [0.4, 0.5) is 11.5 Å². The topological polar surface area (TPSA) is 92.3 Å². The van der Waals surface area contributed by atoms with Crippen molar-refractivity contribution in [2.45, 2.75) is 33.2 Å². The zero-order valence-corrected chi connectivity index (χ0v) is 16.6. The Morgan fingerprint density at radius 1 is 1.22 bits per heavy atom. The van der Waals surface area contributed by atoms with E-state index in [4.69, 9.17) is 0 Å². The van der Waals surface area contributed by atoms with Crippen molar-refractivity contribution < 1.29 is 13.2 Å². The third kappa shape index (κ3) is 4.44. The maximum Gasteiger partial charge on any atom is 0.272 e. The van der Waals surface area contributed by atoms with E-state index >= 15 is 0 Å². The van der Waals surface area contributed by atoms with Gasteiger partial charge in [0.2, 0.25) is 0 Å². The molecule has 1 saturated heterocycles. The van der Waals surface area contributed by atoms with Crippen LogP contribution < -0.4 is 5.32 Å².